The van der Waals surface area contributed by atoms with E-state index in [2.05, 4.69) is 40.4 Å². The van der Waals surface area contributed by atoms with Gasteiger partial charge >= 0.3 is 0 Å². The number of nitrogens with one attached hydrogen (secondary N) is 3. The molecule has 4 heterocycles. The lowest BCUT2D eigenvalue weighted by molar-refractivity contribution is -0.111. The number of H-pyrrole nitrogens is 1. The number of para-hydroxylation sites is 1. The standard InChI is InChI=1S/C30H29N7O2/c1-3-28(38)34-21-12-10-20(11-13-21)30(39)36-14-6-7-22(18-36)33-27-15-24(29-32-19(2)17-37(29)35-27)25-16-31-26-9-5-4-8-23(25)26/h3-5,8-13,15-17,22,31H,1,6-7,14,18H2,2H3,(H,33,35)(H,34,38)/t22-/m1/s1. The Morgan fingerprint density at radius 3 is 2.77 bits per heavy atom. The summed E-state index contributed by atoms with van der Waals surface area (Å²) in [6, 6.07) is 17.3. The molecule has 0 spiro atoms. The summed E-state index contributed by atoms with van der Waals surface area (Å²) < 4.78 is 1.83. The zero-order chi connectivity index (χ0) is 26.9. The Morgan fingerprint density at radius 2 is 1.95 bits per heavy atom. The molecule has 9 nitrogen and oxygen atoms in total. The van der Waals surface area contributed by atoms with Crippen LogP contribution in [0.15, 0.2) is 79.6 Å². The molecular weight excluding hydrogens is 490 g/mol. The number of hydrogen-bond acceptors (Lipinski definition) is 5. The molecule has 5 aromatic rings. The summed E-state index contributed by atoms with van der Waals surface area (Å²) in [6.07, 6.45) is 6.98. The van der Waals surface area contributed by atoms with Gasteiger partial charge < -0.3 is 20.5 Å². The van der Waals surface area contributed by atoms with Crippen LogP contribution in [0, 0.1) is 6.92 Å². The van der Waals surface area contributed by atoms with Crippen molar-refractivity contribution < 1.29 is 9.59 Å². The molecule has 0 bridgehead atoms. The number of imidazole rings is 1. The second-order valence-corrected chi connectivity index (χ2v) is 9.85. The lowest BCUT2D eigenvalue weighted by Gasteiger charge is -2.33. The Morgan fingerprint density at radius 1 is 1.13 bits per heavy atom. The van der Waals surface area contributed by atoms with Crippen LogP contribution in [0.25, 0.3) is 27.7 Å². The number of aromatic nitrogens is 4. The molecule has 9 heteroatoms. The van der Waals surface area contributed by atoms with E-state index < -0.39 is 0 Å². The number of carbonyl (C=O) groups excluding carboxylic acids is 2. The molecule has 0 aliphatic carbocycles. The quantitative estimate of drug-likeness (QED) is 0.273. The number of piperidine rings is 1. The Labute approximate surface area is 225 Å². The van der Waals surface area contributed by atoms with Gasteiger partial charge in [0.1, 0.15) is 5.82 Å². The fourth-order valence-electron chi connectivity index (χ4n) is 5.21. The normalized spacial score (nSPS) is 15.4. The van der Waals surface area contributed by atoms with Gasteiger partial charge in [-0.15, -0.1) is 5.10 Å². The van der Waals surface area contributed by atoms with Crippen molar-refractivity contribution in [1.29, 1.82) is 0 Å². The fourth-order valence-corrected chi connectivity index (χ4v) is 5.21. The number of aryl methyl sites for hydroxylation is 1. The highest BCUT2D eigenvalue weighted by Gasteiger charge is 2.25. The number of nitrogens with zero attached hydrogens (tertiary/aromatic N) is 4. The lowest BCUT2D eigenvalue weighted by atomic mass is 10.0. The predicted molar refractivity (Wildman–Crippen MR) is 153 cm³/mol. The average molecular weight is 520 g/mol. The van der Waals surface area contributed by atoms with Crippen molar-refractivity contribution in [2.24, 2.45) is 0 Å². The van der Waals surface area contributed by atoms with Crippen molar-refractivity contribution in [3.05, 3.63) is 90.9 Å². The van der Waals surface area contributed by atoms with Crippen LogP contribution in [0.5, 0.6) is 0 Å². The molecule has 1 fully saturated rings. The molecule has 39 heavy (non-hydrogen) atoms. The van der Waals surface area contributed by atoms with E-state index in [1.165, 1.54) is 6.08 Å². The van der Waals surface area contributed by atoms with E-state index in [1.54, 1.807) is 24.3 Å². The molecule has 0 unspecified atom stereocenters. The number of aromatic amines is 1. The summed E-state index contributed by atoms with van der Waals surface area (Å²) >= 11 is 0. The van der Waals surface area contributed by atoms with Gasteiger partial charge in [0.05, 0.1) is 11.9 Å². The molecule has 196 valence electrons. The van der Waals surface area contributed by atoms with E-state index >= 15 is 0 Å². The van der Waals surface area contributed by atoms with E-state index in [1.807, 2.05) is 40.9 Å². The van der Waals surface area contributed by atoms with Gasteiger partial charge in [-0.3, -0.25) is 9.59 Å². The molecule has 1 aliphatic heterocycles. The van der Waals surface area contributed by atoms with Crippen LogP contribution in [0.3, 0.4) is 0 Å². The Balaban J connectivity index is 1.23. The van der Waals surface area contributed by atoms with Gasteiger partial charge in [0.15, 0.2) is 5.65 Å². The van der Waals surface area contributed by atoms with E-state index in [9.17, 15) is 9.59 Å². The molecule has 3 N–H and O–H groups in total. The van der Waals surface area contributed by atoms with Crippen LogP contribution in [0.4, 0.5) is 11.5 Å². The molecule has 3 aromatic heterocycles. The van der Waals surface area contributed by atoms with Gasteiger partial charge in [-0.25, -0.2) is 9.50 Å². The Kier molecular flexibility index (Phi) is 6.32. The highest BCUT2D eigenvalue weighted by Crippen LogP contribution is 2.33. The van der Waals surface area contributed by atoms with Crippen LogP contribution in [-0.4, -0.2) is 55.4 Å². The topological polar surface area (TPSA) is 107 Å². The molecular formula is C30H29N7O2. The largest absolute Gasteiger partial charge is 0.364 e. The minimum atomic E-state index is -0.287. The first-order chi connectivity index (χ1) is 19.0. The van der Waals surface area contributed by atoms with Crippen LogP contribution in [-0.2, 0) is 4.79 Å². The SMILES string of the molecule is C=CC(=O)Nc1ccc(C(=O)N2CCC[C@@H](Nc3cc(-c4c[nH]c5ccccc45)c4nc(C)cn4n3)C2)cc1. The van der Waals surface area contributed by atoms with Crippen LogP contribution >= 0.6 is 0 Å². The van der Waals surface area contributed by atoms with Crippen molar-refractivity contribution in [3.63, 3.8) is 0 Å². The lowest BCUT2D eigenvalue weighted by Crippen LogP contribution is -2.45. The highest BCUT2D eigenvalue weighted by atomic mass is 16.2. The first-order valence-corrected chi connectivity index (χ1v) is 13.0. The number of rotatable bonds is 6. The number of hydrogen-bond donors (Lipinski definition) is 3. The molecule has 0 radical (unpaired) electrons. The second kappa shape index (κ2) is 10.1. The molecule has 6 rings (SSSR count). The van der Waals surface area contributed by atoms with Gasteiger partial charge in [-0.2, -0.15) is 0 Å². The maximum Gasteiger partial charge on any atom is 0.253 e. The summed E-state index contributed by atoms with van der Waals surface area (Å²) in [5, 5.41) is 12.2. The van der Waals surface area contributed by atoms with E-state index in [-0.39, 0.29) is 17.9 Å². The monoisotopic (exact) mass is 519 g/mol. The maximum atomic E-state index is 13.3. The van der Waals surface area contributed by atoms with Gasteiger partial charge in [-0.05, 0) is 62.2 Å². The first kappa shape index (κ1) is 24.4. The van der Waals surface area contributed by atoms with E-state index in [4.69, 9.17) is 10.1 Å². The number of fused-ring (bicyclic) bond motifs is 2. The van der Waals surface area contributed by atoms with E-state index in [0.29, 0.717) is 24.3 Å². The van der Waals surface area contributed by atoms with Crippen molar-refractivity contribution >= 4 is 39.9 Å². The van der Waals surface area contributed by atoms with Crippen molar-refractivity contribution in [1.82, 2.24) is 24.5 Å². The Bertz CT molecular complexity index is 1700. The zero-order valence-electron chi connectivity index (χ0n) is 21.6. The molecule has 0 saturated carbocycles. The predicted octanol–water partition coefficient (Wildman–Crippen LogP) is 5.03. The molecule has 2 amide bonds. The third kappa shape index (κ3) is 4.86. The second-order valence-electron chi connectivity index (χ2n) is 9.85. The number of benzene rings is 2. The molecule has 1 saturated heterocycles. The number of anilines is 2. The summed E-state index contributed by atoms with van der Waals surface area (Å²) in [7, 11) is 0. The minimum absolute atomic E-state index is 0.0313. The minimum Gasteiger partial charge on any atom is -0.364 e. The van der Waals surface area contributed by atoms with Crippen LogP contribution in [0.2, 0.25) is 0 Å². The van der Waals surface area contributed by atoms with Crippen LogP contribution in [0.1, 0.15) is 28.9 Å². The van der Waals surface area contributed by atoms with Crippen molar-refractivity contribution in [3.8, 4) is 11.1 Å². The number of carbonyl (C=O) groups is 2. The average Bonchev–Trinajstić information content (AvgIpc) is 3.55. The van der Waals surface area contributed by atoms with Crippen molar-refractivity contribution in [2.75, 3.05) is 23.7 Å². The first-order valence-electron chi connectivity index (χ1n) is 13.0. The third-order valence-corrected chi connectivity index (χ3v) is 7.07. The smallest absolute Gasteiger partial charge is 0.253 e. The number of likely N-dealkylation sites (tertiary alicyclic amines) is 1. The fraction of sp³-hybridized carbons (Fsp3) is 0.200. The van der Waals surface area contributed by atoms with Gasteiger partial charge in [0.2, 0.25) is 5.91 Å². The Hall–Kier alpha value is -4.92. The highest BCUT2D eigenvalue weighted by molar-refractivity contribution is 6.00. The molecule has 1 atom stereocenters. The zero-order valence-corrected chi connectivity index (χ0v) is 21.6. The third-order valence-electron chi connectivity index (χ3n) is 7.07. The van der Waals surface area contributed by atoms with Crippen molar-refractivity contribution in [2.45, 2.75) is 25.8 Å². The maximum absolute atomic E-state index is 13.3. The summed E-state index contributed by atoms with van der Waals surface area (Å²) in [6.45, 7) is 6.68. The summed E-state index contributed by atoms with van der Waals surface area (Å²) in [4.78, 5) is 34.8. The summed E-state index contributed by atoms with van der Waals surface area (Å²) in [5.41, 5.74) is 6.03. The summed E-state index contributed by atoms with van der Waals surface area (Å²) in [5.74, 6) is 0.419. The van der Waals surface area contributed by atoms with Gasteiger partial charge in [0.25, 0.3) is 5.91 Å². The molecule has 2 aromatic carbocycles. The van der Waals surface area contributed by atoms with Gasteiger partial charge in [-0.1, -0.05) is 24.8 Å². The number of amides is 2. The van der Waals surface area contributed by atoms with Gasteiger partial charge in [0, 0.05) is 58.6 Å². The van der Waals surface area contributed by atoms with E-state index in [0.717, 1.165) is 52.0 Å². The van der Waals surface area contributed by atoms with Crippen LogP contribution < -0.4 is 10.6 Å². The molecule has 1 aliphatic rings.